The van der Waals surface area contributed by atoms with Crippen LogP contribution in [0.4, 0.5) is 0 Å². The first kappa shape index (κ1) is 20.5. The second-order valence-corrected chi connectivity index (χ2v) is 6.87. The van der Waals surface area contributed by atoms with Crippen molar-refractivity contribution < 1.29 is 9.47 Å². The molecule has 0 atom stereocenters. The molecular formula is C20H21N5O3S. The van der Waals surface area contributed by atoms with E-state index < -0.39 is 0 Å². The van der Waals surface area contributed by atoms with Crippen molar-refractivity contribution in [3.63, 3.8) is 0 Å². The minimum Gasteiger partial charge on any atom is -0.493 e. The summed E-state index contributed by atoms with van der Waals surface area (Å²) in [5.41, 5.74) is 1.74. The number of methoxy groups -OCH3 is 1. The van der Waals surface area contributed by atoms with Gasteiger partial charge in [0, 0.05) is 18.1 Å². The Hall–Kier alpha value is -3.20. The third kappa shape index (κ3) is 5.20. The van der Waals surface area contributed by atoms with Crippen LogP contribution < -0.4 is 15.0 Å². The molecule has 0 saturated heterocycles. The monoisotopic (exact) mass is 411 g/mol. The highest BCUT2D eigenvalue weighted by molar-refractivity contribution is 7.98. The topological polar surface area (TPSA) is 91.5 Å². The van der Waals surface area contributed by atoms with Crippen molar-refractivity contribution in [2.45, 2.75) is 24.8 Å². The van der Waals surface area contributed by atoms with E-state index in [-0.39, 0.29) is 11.3 Å². The van der Waals surface area contributed by atoms with Gasteiger partial charge in [-0.25, -0.2) is 0 Å². The Kier molecular flexibility index (Phi) is 6.96. The predicted octanol–water partition coefficient (Wildman–Crippen LogP) is 2.92. The molecule has 0 spiro atoms. The van der Waals surface area contributed by atoms with E-state index in [9.17, 15) is 4.79 Å². The second kappa shape index (κ2) is 9.83. The summed E-state index contributed by atoms with van der Waals surface area (Å²) in [5, 5.41) is 12.8. The van der Waals surface area contributed by atoms with E-state index in [0.717, 1.165) is 11.1 Å². The predicted molar refractivity (Wildman–Crippen MR) is 112 cm³/mol. The van der Waals surface area contributed by atoms with Gasteiger partial charge in [-0.15, -0.1) is 10.2 Å². The highest BCUT2D eigenvalue weighted by Gasteiger charge is 2.10. The van der Waals surface area contributed by atoms with E-state index in [0.29, 0.717) is 29.0 Å². The summed E-state index contributed by atoms with van der Waals surface area (Å²) in [6.45, 7) is 4.02. The van der Waals surface area contributed by atoms with Crippen molar-refractivity contribution in [2.75, 3.05) is 13.7 Å². The summed E-state index contributed by atoms with van der Waals surface area (Å²) < 4.78 is 12.1. The normalized spacial score (nSPS) is 11.0. The molecule has 29 heavy (non-hydrogen) atoms. The Labute approximate surface area is 172 Å². The van der Waals surface area contributed by atoms with Crippen LogP contribution in [0.5, 0.6) is 11.5 Å². The number of ether oxygens (including phenoxy) is 2. The maximum absolute atomic E-state index is 12.6. The number of pyridine rings is 1. The molecule has 0 unspecified atom stereocenters. The van der Waals surface area contributed by atoms with Crippen molar-refractivity contribution in [1.82, 2.24) is 19.9 Å². The van der Waals surface area contributed by atoms with Gasteiger partial charge in [-0.05, 0) is 49.2 Å². The first-order valence-electron chi connectivity index (χ1n) is 8.95. The molecule has 0 bridgehead atoms. The van der Waals surface area contributed by atoms with Gasteiger partial charge in [0.1, 0.15) is 5.69 Å². The largest absolute Gasteiger partial charge is 0.493 e. The van der Waals surface area contributed by atoms with Crippen LogP contribution in [-0.2, 0) is 5.75 Å². The molecule has 0 fully saturated rings. The van der Waals surface area contributed by atoms with Gasteiger partial charge in [0.2, 0.25) is 5.16 Å². The standard InChI is InChI=1S/C20H21N5O3S/c1-4-28-18-10-15(7-8-17(18)27-3)12-22-25-19(26)14(2)23-24-20(25)29-13-16-6-5-9-21-11-16/h5-12H,4,13H2,1-3H3. The Morgan fingerprint density at radius 3 is 2.83 bits per heavy atom. The summed E-state index contributed by atoms with van der Waals surface area (Å²) in [4.78, 5) is 16.7. The zero-order valence-corrected chi connectivity index (χ0v) is 17.2. The van der Waals surface area contributed by atoms with Crippen molar-refractivity contribution in [1.29, 1.82) is 0 Å². The highest BCUT2D eigenvalue weighted by Crippen LogP contribution is 2.27. The molecule has 0 radical (unpaired) electrons. The number of nitrogens with zero attached hydrogens (tertiary/aromatic N) is 5. The number of aryl methyl sites for hydroxylation is 1. The second-order valence-electron chi connectivity index (χ2n) is 5.92. The molecule has 8 nitrogen and oxygen atoms in total. The molecule has 0 aliphatic carbocycles. The van der Waals surface area contributed by atoms with Crippen LogP contribution in [0.3, 0.4) is 0 Å². The van der Waals surface area contributed by atoms with Crippen LogP contribution in [0.25, 0.3) is 0 Å². The van der Waals surface area contributed by atoms with Gasteiger partial charge in [-0.3, -0.25) is 9.78 Å². The molecule has 150 valence electrons. The Balaban J connectivity index is 1.88. The molecular weight excluding hydrogens is 390 g/mol. The summed E-state index contributed by atoms with van der Waals surface area (Å²) in [6, 6.07) is 9.26. The first-order valence-corrected chi connectivity index (χ1v) is 9.94. The Bertz CT molecular complexity index is 1050. The zero-order chi connectivity index (χ0) is 20.6. The lowest BCUT2D eigenvalue weighted by Crippen LogP contribution is -2.23. The third-order valence-electron chi connectivity index (χ3n) is 3.87. The molecule has 3 rings (SSSR count). The molecule has 2 aromatic heterocycles. The van der Waals surface area contributed by atoms with E-state index in [1.54, 1.807) is 44.8 Å². The van der Waals surface area contributed by atoms with Gasteiger partial charge in [0.15, 0.2) is 11.5 Å². The Morgan fingerprint density at radius 2 is 2.10 bits per heavy atom. The van der Waals surface area contributed by atoms with Gasteiger partial charge in [0.05, 0.1) is 19.9 Å². The summed E-state index contributed by atoms with van der Waals surface area (Å²) in [5.74, 6) is 1.84. The number of aromatic nitrogens is 4. The smallest absolute Gasteiger partial charge is 0.296 e. The zero-order valence-electron chi connectivity index (χ0n) is 16.4. The van der Waals surface area contributed by atoms with Crippen molar-refractivity contribution in [2.24, 2.45) is 5.10 Å². The van der Waals surface area contributed by atoms with E-state index in [1.807, 2.05) is 25.1 Å². The van der Waals surface area contributed by atoms with Crippen LogP contribution in [0, 0.1) is 6.92 Å². The van der Waals surface area contributed by atoms with E-state index in [2.05, 4.69) is 20.3 Å². The van der Waals surface area contributed by atoms with Crippen molar-refractivity contribution in [3.05, 3.63) is 69.9 Å². The maximum Gasteiger partial charge on any atom is 0.296 e. The number of rotatable bonds is 8. The minimum absolute atomic E-state index is 0.276. The number of benzene rings is 1. The first-order chi connectivity index (χ1) is 14.1. The average molecular weight is 411 g/mol. The summed E-state index contributed by atoms with van der Waals surface area (Å²) >= 11 is 1.37. The lowest BCUT2D eigenvalue weighted by atomic mass is 10.2. The molecule has 0 saturated carbocycles. The van der Waals surface area contributed by atoms with E-state index in [1.165, 1.54) is 16.4 Å². The fourth-order valence-corrected chi connectivity index (χ4v) is 3.25. The van der Waals surface area contributed by atoms with Crippen molar-refractivity contribution in [3.8, 4) is 11.5 Å². The summed E-state index contributed by atoms with van der Waals surface area (Å²) in [6.07, 6.45) is 5.07. The van der Waals surface area contributed by atoms with Gasteiger partial charge >= 0.3 is 0 Å². The Morgan fingerprint density at radius 1 is 1.24 bits per heavy atom. The van der Waals surface area contributed by atoms with Gasteiger partial charge in [-0.2, -0.15) is 9.78 Å². The quantitative estimate of drug-likeness (QED) is 0.416. The molecule has 2 heterocycles. The van der Waals surface area contributed by atoms with Crippen LogP contribution in [0.1, 0.15) is 23.7 Å². The summed E-state index contributed by atoms with van der Waals surface area (Å²) in [7, 11) is 1.59. The third-order valence-corrected chi connectivity index (χ3v) is 4.86. The lowest BCUT2D eigenvalue weighted by molar-refractivity contribution is 0.311. The van der Waals surface area contributed by atoms with Crippen LogP contribution >= 0.6 is 11.8 Å². The lowest BCUT2D eigenvalue weighted by Gasteiger charge is -2.10. The van der Waals surface area contributed by atoms with Crippen LogP contribution in [-0.4, -0.2) is 39.8 Å². The van der Waals surface area contributed by atoms with Crippen LogP contribution in [0.15, 0.2) is 57.8 Å². The van der Waals surface area contributed by atoms with Crippen LogP contribution in [0.2, 0.25) is 0 Å². The highest BCUT2D eigenvalue weighted by atomic mass is 32.2. The average Bonchev–Trinajstić information content (AvgIpc) is 2.75. The molecule has 1 aromatic carbocycles. The van der Waals surface area contributed by atoms with Gasteiger partial charge in [0.25, 0.3) is 5.56 Å². The fraction of sp³-hybridized carbons (Fsp3) is 0.250. The van der Waals surface area contributed by atoms with E-state index >= 15 is 0 Å². The van der Waals surface area contributed by atoms with E-state index in [4.69, 9.17) is 9.47 Å². The minimum atomic E-state index is -0.316. The van der Waals surface area contributed by atoms with Gasteiger partial charge in [-0.1, -0.05) is 17.8 Å². The van der Waals surface area contributed by atoms with Crippen molar-refractivity contribution >= 4 is 18.0 Å². The molecule has 0 aliphatic heterocycles. The molecule has 9 heteroatoms. The molecule has 0 aliphatic rings. The SMILES string of the molecule is CCOc1cc(C=Nn2c(SCc3cccnc3)nnc(C)c2=O)ccc1OC. The fourth-order valence-electron chi connectivity index (χ4n) is 2.43. The molecule has 0 amide bonds. The van der Waals surface area contributed by atoms with Gasteiger partial charge < -0.3 is 9.47 Å². The number of hydrogen-bond donors (Lipinski definition) is 0. The number of hydrogen-bond acceptors (Lipinski definition) is 8. The molecule has 3 aromatic rings. The maximum atomic E-state index is 12.6. The number of thioether (sulfide) groups is 1. The molecule has 0 N–H and O–H groups in total.